The number of likely N-dealkylation sites (tertiary alicyclic amines) is 1. The molecule has 1 aliphatic heterocycles. The van der Waals surface area contributed by atoms with Crippen molar-refractivity contribution < 1.29 is 19.8 Å². The number of carbonyl (C=O) groups excluding carboxylic acids is 1. The van der Waals surface area contributed by atoms with E-state index in [0.717, 1.165) is 0 Å². The van der Waals surface area contributed by atoms with E-state index in [1.165, 1.54) is 4.90 Å². The molecule has 0 saturated carbocycles. The molecule has 6 heteroatoms. The standard InChI is InChI=1S/C12H12BrNO4/c13-9-4-2-1-3-8(9)11(16)14-6-7(15)5-10(14)12(17)18/h1-4,7,10,15H,5-6H2,(H,17,18)/t7-,10-/m1/s1. The zero-order chi connectivity index (χ0) is 13.3. The second kappa shape index (κ2) is 5.07. The van der Waals surface area contributed by atoms with E-state index in [4.69, 9.17) is 5.11 Å². The second-order valence-corrected chi connectivity index (χ2v) is 5.04. The van der Waals surface area contributed by atoms with Gasteiger partial charge in [0.05, 0.1) is 11.7 Å². The third kappa shape index (κ3) is 2.39. The van der Waals surface area contributed by atoms with E-state index in [1.807, 2.05) is 0 Å². The zero-order valence-electron chi connectivity index (χ0n) is 9.41. The van der Waals surface area contributed by atoms with Gasteiger partial charge < -0.3 is 15.1 Å². The van der Waals surface area contributed by atoms with Crippen LogP contribution in [0.5, 0.6) is 0 Å². The lowest BCUT2D eigenvalue weighted by molar-refractivity contribution is -0.141. The van der Waals surface area contributed by atoms with Crippen LogP contribution in [-0.2, 0) is 4.79 Å². The molecule has 1 aliphatic rings. The number of nitrogens with zero attached hydrogens (tertiary/aromatic N) is 1. The van der Waals surface area contributed by atoms with Crippen molar-refractivity contribution in [3.05, 3.63) is 34.3 Å². The van der Waals surface area contributed by atoms with E-state index in [9.17, 15) is 14.7 Å². The minimum Gasteiger partial charge on any atom is -0.480 e. The molecule has 96 valence electrons. The Morgan fingerprint density at radius 1 is 1.33 bits per heavy atom. The molecule has 18 heavy (non-hydrogen) atoms. The largest absolute Gasteiger partial charge is 0.480 e. The highest BCUT2D eigenvalue weighted by Crippen LogP contribution is 2.24. The molecular formula is C12H12BrNO4. The van der Waals surface area contributed by atoms with Crippen molar-refractivity contribution in [1.29, 1.82) is 0 Å². The molecule has 1 amide bonds. The Morgan fingerprint density at radius 2 is 2.00 bits per heavy atom. The molecule has 2 rings (SSSR count). The van der Waals surface area contributed by atoms with Gasteiger partial charge in [-0.25, -0.2) is 4.79 Å². The number of hydrogen-bond donors (Lipinski definition) is 2. The Morgan fingerprint density at radius 3 is 2.61 bits per heavy atom. The summed E-state index contributed by atoms with van der Waals surface area (Å²) < 4.78 is 0.612. The molecule has 0 spiro atoms. The molecule has 5 nitrogen and oxygen atoms in total. The summed E-state index contributed by atoms with van der Waals surface area (Å²) in [5.41, 5.74) is 0.401. The number of carboxylic acid groups (broad SMARTS) is 1. The van der Waals surface area contributed by atoms with Gasteiger partial charge in [-0.3, -0.25) is 4.79 Å². The predicted molar refractivity (Wildman–Crippen MR) is 67.2 cm³/mol. The van der Waals surface area contributed by atoms with E-state index < -0.39 is 18.1 Å². The van der Waals surface area contributed by atoms with Gasteiger partial charge in [0.25, 0.3) is 5.91 Å². The molecule has 0 unspecified atom stereocenters. The average Bonchev–Trinajstić information content (AvgIpc) is 2.71. The van der Waals surface area contributed by atoms with Crippen LogP contribution in [-0.4, -0.2) is 45.7 Å². The Kier molecular flexibility index (Phi) is 3.68. The molecule has 1 heterocycles. The van der Waals surface area contributed by atoms with Crippen LogP contribution in [0.2, 0.25) is 0 Å². The minimum absolute atomic E-state index is 0.0527. The summed E-state index contributed by atoms with van der Waals surface area (Å²) in [6.45, 7) is 0.0527. The third-order valence-electron chi connectivity index (χ3n) is 2.93. The van der Waals surface area contributed by atoms with Crippen LogP contribution >= 0.6 is 15.9 Å². The predicted octanol–water partition coefficient (Wildman–Crippen LogP) is 1.11. The number of aliphatic hydroxyl groups is 1. The van der Waals surface area contributed by atoms with E-state index in [0.29, 0.717) is 10.0 Å². The quantitative estimate of drug-likeness (QED) is 0.857. The molecule has 0 bridgehead atoms. The summed E-state index contributed by atoms with van der Waals surface area (Å²) >= 11 is 3.26. The lowest BCUT2D eigenvalue weighted by Gasteiger charge is -2.21. The van der Waals surface area contributed by atoms with Crippen molar-refractivity contribution in [2.45, 2.75) is 18.6 Å². The van der Waals surface area contributed by atoms with Crippen LogP contribution < -0.4 is 0 Å². The van der Waals surface area contributed by atoms with Crippen molar-refractivity contribution in [2.75, 3.05) is 6.54 Å². The molecule has 1 aromatic carbocycles. The van der Waals surface area contributed by atoms with E-state index in [1.54, 1.807) is 24.3 Å². The van der Waals surface area contributed by atoms with Crippen LogP contribution in [0, 0.1) is 0 Å². The molecule has 2 N–H and O–H groups in total. The topological polar surface area (TPSA) is 77.8 Å². The Bertz CT molecular complexity index is 491. The number of aliphatic hydroxyl groups excluding tert-OH is 1. The number of rotatable bonds is 2. The van der Waals surface area contributed by atoms with Gasteiger partial charge in [0.2, 0.25) is 0 Å². The molecule has 0 aliphatic carbocycles. The van der Waals surface area contributed by atoms with Gasteiger partial charge in [-0.1, -0.05) is 12.1 Å². The number of benzene rings is 1. The van der Waals surface area contributed by atoms with Crippen molar-refractivity contribution in [2.24, 2.45) is 0 Å². The fourth-order valence-electron chi connectivity index (χ4n) is 2.06. The van der Waals surface area contributed by atoms with Crippen LogP contribution in [0.3, 0.4) is 0 Å². The molecule has 2 atom stereocenters. The van der Waals surface area contributed by atoms with Crippen LogP contribution in [0.1, 0.15) is 16.8 Å². The highest BCUT2D eigenvalue weighted by atomic mass is 79.9. The van der Waals surface area contributed by atoms with Gasteiger partial charge >= 0.3 is 5.97 Å². The van der Waals surface area contributed by atoms with Gasteiger partial charge in [0, 0.05) is 17.4 Å². The Hall–Kier alpha value is -1.40. The lowest BCUT2D eigenvalue weighted by Crippen LogP contribution is -2.40. The first-order valence-electron chi connectivity index (χ1n) is 5.47. The fourth-order valence-corrected chi connectivity index (χ4v) is 2.52. The minimum atomic E-state index is -1.09. The summed E-state index contributed by atoms with van der Waals surface area (Å²) in [6.07, 6.45) is -0.705. The fraction of sp³-hybridized carbons (Fsp3) is 0.333. The van der Waals surface area contributed by atoms with Gasteiger partial charge in [-0.2, -0.15) is 0 Å². The van der Waals surface area contributed by atoms with E-state index in [2.05, 4.69) is 15.9 Å². The number of carbonyl (C=O) groups is 2. The third-order valence-corrected chi connectivity index (χ3v) is 3.62. The number of amides is 1. The zero-order valence-corrected chi connectivity index (χ0v) is 11.0. The van der Waals surface area contributed by atoms with Crippen LogP contribution in [0.4, 0.5) is 0 Å². The molecule has 1 aromatic rings. The number of aliphatic carboxylic acids is 1. The smallest absolute Gasteiger partial charge is 0.326 e. The summed E-state index contributed by atoms with van der Waals surface area (Å²) in [4.78, 5) is 24.5. The van der Waals surface area contributed by atoms with Crippen LogP contribution in [0.25, 0.3) is 0 Å². The maximum absolute atomic E-state index is 12.2. The number of halogens is 1. The van der Waals surface area contributed by atoms with Crippen molar-refractivity contribution in [1.82, 2.24) is 4.90 Å². The average molecular weight is 314 g/mol. The Balaban J connectivity index is 2.28. The monoisotopic (exact) mass is 313 g/mol. The number of β-amino-alcohol motifs (C(OH)–C–C–N with tert-alkyl or cyclic N) is 1. The molecule has 0 aromatic heterocycles. The molecule has 1 fully saturated rings. The molecule has 1 saturated heterocycles. The second-order valence-electron chi connectivity index (χ2n) is 4.18. The van der Waals surface area contributed by atoms with Gasteiger partial charge in [-0.15, -0.1) is 0 Å². The van der Waals surface area contributed by atoms with Crippen LogP contribution in [0.15, 0.2) is 28.7 Å². The van der Waals surface area contributed by atoms with Crippen molar-refractivity contribution >= 4 is 27.8 Å². The first-order chi connectivity index (χ1) is 8.50. The molecule has 0 radical (unpaired) electrons. The lowest BCUT2D eigenvalue weighted by atomic mass is 10.1. The van der Waals surface area contributed by atoms with Gasteiger partial charge in [0.15, 0.2) is 0 Å². The number of hydrogen-bond acceptors (Lipinski definition) is 3. The summed E-state index contributed by atoms with van der Waals surface area (Å²) in [7, 11) is 0. The van der Waals surface area contributed by atoms with Gasteiger partial charge in [-0.05, 0) is 28.1 Å². The Labute approximate surface area is 112 Å². The summed E-state index contributed by atoms with van der Waals surface area (Å²) in [5, 5.41) is 18.6. The maximum atomic E-state index is 12.2. The highest BCUT2D eigenvalue weighted by molar-refractivity contribution is 9.10. The first-order valence-corrected chi connectivity index (χ1v) is 6.26. The summed E-state index contributed by atoms with van der Waals surface area (Å²) in [6, 6.07) is 5.86. The van der Waals surface area contributed by atoms with E-state index >= 15 is 0 Å². The normalized spacial score (nSPS) is 23.1. The maximum Gasteiger partial charge on any atom is 0.326 e. The SMILES string of the molecule is O=C(O)[C@H]1C[C@@H](O)CN1C(=O)c1ccccc1Br. The first kappa shape index (κ1) is 13.0. The number of carboxylic acids is 1. The van der Waals surface area contributed by atoms with Crippen molar-refractivity contribution in [3.63, 3.8) is 0 Å². The van der Waals surface area contributed by atoms with Gasteiger partial charge in [0.1, 0.15) is 6.04 Å². The van der Waals surface area contributed by atoms with E-state index in [-0.39, 0.29) is 18.9 Å². The molecular weight excluding hydrogens is 302 g/mol. The van der Waals surface area contributed by atoms with Crippen molar-refractivity contribution in [3.8, 4) is 0 Å². The summed E-state index contributed by atoms with van der Waals surface area (Å²) in [5.74, 6) is -1.47. The highest BCUT2D eigenvalue weighted by Gasteiger charge is 2.39.